The van der Waals surface area contributed by atoms with Crippen LogP contribution >= 0.6 is 27.7 Å². The first-order valence-corrected chi connectivity index (χ1v) is 12.2. The summed E-state index contributed by atoms with van der Waals surface area (Å²) in [4.78, 5) is 40.5. The van der Waals surface area contributed by atoms with Crippen LogP contribution in [0.5, 0.6) is 11.5 Å². The van der Waals surface area contributed by atoms with E-state index in [0.29, 0.717) is 34.6 Å². The summed E-state index contributed by atoms with van der Waals surface area (Å²) >= 11 is 4.27. The largest absolute Gasteiger partial charge is 0.493 e. The number of nitrogens with zero attached hydrogens (tertiary/aromatic N) is 2. The van der Waals surface area contributed by atoms with Crippen LogP contribution in [-0.4, -0.2) is 53.6 Å². The van der Waals surface area contributed by atoms with Gasteiger partial charge in [-0.15, -0.1) is 0 Å². The van der Waals surface area contributed by atoms with Gasteiger partial charge in [-0.05, 0) is 82.0 Å². The maximum absolute atomic E-state index is 13.1. The zero-order valence-electron chi connectivity index (χ0n) is 18.4. The zero-order chi connectivity index (χ0) is 24.2. The molecule has 2 aliphatic heterocycles. The average Bonchev–Trinajstić information content (AvgIpc) is 3.44. The molecule has 2 heterocycles. The number of likely N-dealkylation sites (tertiary alicyclic amines) is 1. The van der Waals surface area contributed by atoms with Crippen LogP contribution in [0.4, 0.5) is 9.18 Å². The Hall–Kier alpha value is -2.85. The predicted molar refractivity (Wildman–Crippen MR) is 130 cm³/mol. The van der Waals surface area contributed by atoms with E-state index in [9.17, 15) is 18.8 Å². The zero-order valence-corrected chi connectivity index (χ0v) is 20.8. The molecule has 0 atom stereocenters. The molecule has 0 saturated carbocycles. The van der Waals surface area contributed by atoms with Gasteiger partial charge in [-0.25, -0.2) is 4.39 Å². The number of hydrogen-bond donors (Lipinski definition) is 0. The quantitative estimate of drug-likeness (QED) is 0.461. The molecular formula is C24H22BrFN2O5S. The van der Waals surface area contributed by atoms with Crippen molar-refractivity contribution in [3.8, 4) is 11.5 Å². The summed E-state index contributed by atoms with van der Waals surface area (Å²) in [6.45, 7) is 1.28. The number of ether oxygens (including phenoxy) is 2. The summed E-state index contributed by atoms with van der Waals surface area (Å²) in [5, 5.41) is -0.464. The fourth-order valence-corrected chi connectivity index (χ4v) is 5.10. The number of methoxy groups -OCH3 is 1. The molecule has 0 aliphatic carbocycles. The van der Waals surface area contributed by atoms with Crippen LogP contribution in [0.3, 0.4) is 0 Å². The highest BCUT2D eigenvalue weighted by atomic mass is 79.9. The van der Waals surface area contributed by atoms with Crippen LogP contribution in [0.15, 0.2) is 45.8 Å². The highest BCUT2D eigenvalue weighted by Crippen LogP contribution is 2.39. The standard InChI is InChI=1S/C24H22BrFN2O5S/c1-32-19-11-16(10-18(25)22(19)33-14-15-4-6-17(26)7-5-15)12-20-23(30)28(24(31)34-20)13-21(29)27-8-2-3-9-27/h4-7,10-12H,2-3,8-9,13-14H2,1H3/b20-12-. The second kappa shape index (κ2) is 10.6. The molecule has 0 spiro atoms. The molecule has 2 aromatic carbocycles. The summed E-state index contributed by atoms with van der Waals surface area (Å²) in [7, 11) is 1.49. The smallest absolute Gasteiger partial charge is 0.294 e. The van der Waals surface area contributed by atoms with Gasteiger partial charge in [-0.3, -0.25) is 19.3 Å². The number of hydrogen-bond acceptors (Lipinski definition) is 6. The number of rotatable bonds is 7. The van der Waals surface area contributed by atoms with Crippen LogP contribution in [0.1, 0.15) is 24.0 Å². The van der Waals surface area contributed by atoms with E-state index in [2.05, 4.69) is 15.9 Å². The molecule has 2 saturated heterocycles. The Kier molecular flexibility index (Phi) is 7.57. The van der Waals surface area contributed by atoms with E-state index in [-0.39, 0.29) is 29.8 Å². The van der Waals surface area contributed by atoms with Crippen molar-refractivity contribution in [2.24, 2.45) is 0 Å². The molecular weight excluding hydrogens is 527 g/mol. The summed E-state index contributed by atoms with van der Waals surface area (Å²) in [5.41, 5.74) is 1.41. The monoisotopic (exact) mass is 548 g/mol. The molecule has 4 rings (SSSR count). The Balaban J connectivity index is 1.49. The maximum Gasteiger partial charge on any atom is 0.294 e. The van der Waals surface area contributed by atoms with Crippen molar-refractivity contribution >= 4 is 50.8 Å². The normalized spacial score (nSPS) is 17.1. The maximum atomic E-state index is 13.1. The Bertz CT molecular complexity index is 1150. The highest BCUT2D eigenvalue weighted by molar-refractivity contribution is 9.10. The van der Waals surface area contributed by atoms with Crippen LogP contribution in [0.2, 0.25) is 0 Å². The lowest BCUT2D eigenvalue weighted by molar-refractivity contribution is -0.135. The fraction of sp³-hybridized carbons (Fsp3) is 0.292. The van der Waals surface area contributed by atoms with Gasteiger partial charge in [0.15, 0.2) is 11.5 Å². The van der Waals surface area contributed by atoms with Gasteiger partial charge in [0.2, 0.25) is 5.91 Å². The van der Waals surface area contributed by atoms with Gasteiger partial charge >= 0.3 is 0 Å². The van der Waals surface area contributed by atoms with Crippen molar-refractivity contribution in [2.45, 2.75) is 19.4 Å². The van der Waals surface area contributed by atoms with Gasteiger partial charge in [0.1, 0.15) is 19.0 Å². The second-order valence-corrected chi connectivity index (χ2v) is 9.65. The third kappa shape index (κ3) is 5.44. The van der Waals surface area contributed by atoms with E-state index in [1.165, 1.54) is 19.2 Å². The molecule has 178 valence electrons. The van der Waals surface area contributed by atoms with Crippen molar-refractivity contribution < 1.29 is 28.2 Å². The van der Waals surface area contributed by atoms with Crippen molar-refractivity contribution in [2.75, 3.05) is 26.7 Å². The minimum absolute atomic E-state index is 0.207. The minimum atomic E-state index is -0.491. The molecule has 0 N–H and O–H groups in total. The van der Waals surface area contributed by atoms with E-state index in [1.54, 1.807) is 35.2 Å². The molecule has 2 aromatic rings. The number of carbonyl (C=O) groups is 3. The van der Waals surface area contributed by atoms with Crippen LogP contribution < -0.4 is 9.47 Å². The lowest BCUT2D eigenvalue weighted by Crippen LogP contribution is -2.40. The van der Waals surface area contributed by atoms with Gasteiger partial charge in [0.05, 0.1) is 16.5 Å². The van der Waals surface area contributed by atoms with Crippen LogP contribution in [0, 0.1) is 5.82 Å². The van der Waals surface area contributed by atoms with Crippen molar-refractivity contribution in [1.29, 1.82) is 0 Å². The number of halogens is 2. The van der Waals surface area contributed by atoms with Crippen LogP contribution in [-0.2, 0) is 16.2 Å². The third-order valence-corrected chi connectivity index (χ3v) is 6.97. The fourth-order valence-electron chi connectivity index (χ4n) is 3.69. The third-order valence-electron chi connectivity index (χ3n) is 5.47. The van der Waals surface area contributed by atoms with E-state index >= 15 is 0 Å². The van der Waals surface area contributed by atoms with Crippen molar-refractivity contribution in [1.82, 2.24) is 9.80 Å². The van der Waals surface area contributed by atoms with Crippen LogP contribution in [0.25, 0.3) is 6.08 Å². The molecule has 0 radical (unpaired) electrons. The highest BCUT2D eigenvalue weighted by Gasteiger charge is 2.37. The number of imide groups is 1. The first-order chi connectivity index (χ1) is 16.4. The molecule has 34 heavy (non-hydrogen) atoms. The Morgan fingerprint density at radius 3 is 2.56 bits per heavy atom. The molecule has 2 fully saturated rings. The number of carbonyl (C=O) groups excluding carboxylic acids is 3. The Morgan fingerprint density at radius 1 is 1.18 bits per heavy atom. The predicted octanol–water partition coefficient (Wildman–Crippen LogP) is 4.83. The first kappa shape index (κ1) is 24.3. The van der Waals surface area contributed by atoms with E-state index < -0.39 is 11.1 Å². The molecule has 0 aromatic heterocycles. The first-order valence-electron chi connectivity index (χ1n) is 10.6. The average molecular weight is 549 g/mol. The lowest BCUT2D eigenvalue weighted by Gasteiger charge is -2.18. The molecule has 0 unspecified atom stereocenters. The summed E-state index contributed by atoms with van der Waals surface area (Å²) < 4.78 is 25.0. The Morgan fingerprint density at radius 2 is 1.88 bits per heavy atom. The summed E-state index contributed by atoms with van der Waals surface area (Å²) in [6.07, 6.45) is 3.46. The van der Waals surface area contributed by atoms with Gasteiger partial charge in [-0.1, -0.05) is 12.1 Å². The minimum Gasteiger partial charge on any atom is -0.493 e. The number of thioether (sulfide) groups is 1. The molecule has 10 heteroatoms. The van der Waals surface area contributed by atoms with Gasteiger partial charge in [-0.2, -0.15) is 0 Å². The van der Waals surface area contributed by atoms with Gasteiger partial charge in [0.25, 0.3) is 11.1 Å². The summed E-state index contributed by atoms with van der Waals surface area (Å²) in [6, 6.07) is 9.42. The molecule has 3 amide bonds. The molecule has 7 nitrogen and oxygen atoms in total. The molecule has 2 aliphatic rings. The van der Waals surface area contributed by atoms with Crippen molar-refractivity contribution in [3.05, 3.63) is 62.7 Å². The van der Waals surface area contributed by atoms with E-state index in [1.807, 2.05) is 0 Å². The number of amides is 3. The summed E-state index contributed by atoms with van der Waals surface area (Å²) in [5.74, 6) is -0.154. The molecule has 0 bridgehead atoms. The van der Waals surface area contributed by atoms with Crippen molar-refractivity contribution in [3.63, 3.8) is 0 Å². The topological polar surface area (TPSA) is 76.2 Å². The van der Waals surface area contributed by atoms with E-state index in [0.717, 1.165) is 35.1 Å². The van der Waals surface area contributed by atoms with Gasteiger partial charge in [0, 0.05) is 13.1 Å². The second-order valence-electron chi connectivity index (χ2n) is 7.81. The van der Waals surface area contributed by atoms with E-state index in [4.69, 9.17) is 9.47 Å². The SMILES string of the molecule is COc1cc(/C=C2\SC(=O)N(CC(=O)N3CCCC3)C2=O)cc(Br)c1OCc1ccc(F)cc1. The Labute approximate surface area is 209 Å². The van der Waals surface area contributed by atoms with Gasteiger partial charge < -0.3 is 14.4 Å². The lowest BCUT2D eigenvalue weighted by atomic mass is 10.1. The number of benzene rings is 2.